The molecule has 0 unspecified atom stereocenters. The lowest BCUT2D eigenvalue weighted by molar-refractivity contribution is 0.0926. The van der Waals surface area contributed by atoms with E-state index >= 15 is 0 Å². The first-order valence-electron chi connectivity index (χ1n) is 9.17. The number of guanidine groups is 1. The van der Waals surface area contributed by atoms with Crippen LogP contribution in [-0.2, 0) is 6.42 Å². The number of nitrogens with zero attached hydrogens (tertiary/aromatic N) is 1. The summed E-state index contributed by atoms with van der Waals surface area (Å²) in [6.07, 6.45) is 4.39. The van der Waals surface area contributed by atoms with Crippen LogP contribution in [0.3, 0.4) is 0 Å². The van der Waals surface area contributed by atoms with E-state index in [1.807, 2.05) is 25.3 Å². The first-order valence-corrected chi connectivity index (χ1v) is 9.17. The predicted octanol–water partition coefficient (Wildman–Crippen LogP) is 2.91. The number of fused-ring (bicyclic) bond motifs is 1. The first kappa shape index (κ1) is 21.8. The Morgan fingerprint density at radius 2 is 1.93 bits per heavy atom. The number of furan rings is 1. The van der Waals surface area contributed by atoms with Gasteiger partial charge in [0.25, 0.3) is 5.91 Å². The summed E-state index contributed by atoms with van der Waals surface area (Å²) in [6.45, 7) is 4.53. The average molecular weight is 495 g/mol. The molecule has 0 atom stereocenters. The number of carbonyl (C=O) groups is 1. The number of amides is 1. The summed E-state index contributed by atoms with van der Waals surface area (Å²) in [5.41, 5.74) is 2.41. The fourth-order valence-corrected chi connectivity index (χ4v) is 2.82. The second-order valence-corrected chi connectivity index (χ2v) is 6.03. The van der Waals surface area contributed by atoms with Gasteiger partial charge in [0.15, 0.2) is 11.7 Å². The lowest BCUT2D eigenvalue weighted by atomic mass is 10.1. The van der Waals surface area contributed by atoms with Crippen LogP contribution in [0.5, 0.6) is 0 Å². The molecule has 0 aliphatic rings. The van der Waals surface area contributed by atoms with Crippen molar-refractivity contribution in [2.75, 3.05) is 26.2 Å². The van der Waals surface area contributed by atoms with Crippen LogP contribution in [0.1, 0.15) is 23.0 Å². The molecule has 8 heteroatoms. The van der Waals surface area contributed by atoms with Gasteiger partial charge in [-0.2, -0.15) is 0 Å². The maximum absolute atomic E-state index is 11.8. The van der Waals surface area contributed by atoms with Crippen LogP contribution in [0.4, 0.5) is 0 Å². The van der Waals surface area contributed by atoms with Crippen LogP contribution >= 0.6 is 24.0 Å². The Labute approximate surface area is 181 Å². The van der Waals surface area contributed by atoms with E-state index in [2.05, 4.69) is 38.1 Å². The number of carbonyl (C=O) groups excluding carboxylic acids is 1. The third-order valence-electron chi connectivity index (χ3n) is 4.12. The predicted molar refractivity (Wildman–Crippen MR) is 122 cm³/mol. The highest BCUT2D eigenvalue weighted by molar-refractivity contribution is 14.0. The van der Waals surface area contributed by atoms with Gasteiger partial charge in [0, 0.05) is 43.3 Å². The van der Waals surface area contributed by atoms with Gasteiger partial charge in [0.2, 0.25) is 0 Å². The summed E-state index contributed by atoms with van der Waals surface area (Å²) in [7, 11) is 0. The molecule has 0 aliphatic carbocycles. The molecule has 0 spiro atoms. The maximum atomic E-state index is 11.8. The number of nitrogens with one attached hydrogen (secondary N) is 4. The number of aromatic amines is 1. The molecule has 1 amide bonds. The quantitative estimate of drug-likeness (QED) is 0.167. The second-order valence-electron chi connectivity index (χ2n) is 6.03. The highest BCUT2D eigenvalue weighted by Crippen LogP contribution is 2.17. The molecule has 7 nitrogen and oxygen atoms in total. The third-order valence-corrected chi connectivity index (χ3v) is 4.12. The zero-order valence-electron chi connectivity index (χ0n) is 15.8. The highest BCUT2D eigenvalue weighted by Gasteiger charge is 2.07. The van der Waals surface area contributed by atoms with Crippen LogP contribution in [0.25, 0.3) is 10.9 Å². The zero-order chi connectivity index (χ0) is 18.9. The second kappa shape index (κ2) is 11.4. The minimum Gasteiger partial charge on any atom is -0.459 e. The van der Waals surface area contributed by atoms with Crippen molar-refractivity contribution < 1.29 is 9.21 Å². The standard InChI is InChI=1S/C20H25N5O2.HI/c1-2-21-20(24-12-11-22-19(26)18-8-5-13-27-18)23-10-9-15-14-25-17-7-4-3-6-16(15)17;/h3-8,13-14,25H,2,9-12H2,1H3,(H,22,26)(H2,21,23,24);1H. The van der Waals surface area contributed by atoms with E-state index in [0.717, 1.165) is 24.4 Å². The Morgan fingerprint density at radius 3 is 2.71 bits per heavy atom. The third kappa shape index (κ3) is 6.01. The van der Waals surface area contributed by atoms with Gasteiger partial charge in [-0.25, -0.2) is 0 Å². The van der Waals surface area contributed by atoms with E-state index in [9.17, 15) is 4.79 Å². The average Bonchev–Trinajstić information content (AvgIpc) is 3.35. The Morgan fingerprint density at radius 1 is 1.11 bits per heavy atom. The summed E-state index contributed by atoms with van der Waals surface area (Å²) in [4.78, 5) is 19.7. The number of aliphatic imine (C=N–C) groups is 1. The van der Waals surface area contributed by atoms with Crippen molar-refractivity contribution in [1.82, 2.24) is 20.9 Å². The van der Waals surface area contributed by atoms with Gasteiger partial charge < -0.3 is 25.4 Å². The van der Waals surface area contributed by atoms with E-state index < -0.39 is 0 Å². The van der Waals surface area contributed by atoms with Gasteiger partial charge in [-0.15, -0.1) is 24.0 Å². The zero-order valence-corrected chi connectivity index (χ0v) is 18.2. The maximum Gasteiger partial charge on any atom is 0.287 e. The van der Waals surface area contributed by atoms with Gasteiger partial charge >= 0.3 is 0 Å². The van der Waals surface area contributed by atoms with E-state index in [-0.39, 0.29) is 29.9 Å². The number of hydrogen-bond acceptors (Lipinski definition) is 3. The number of rotatable bonds is 8. The molecular weight excluding hydrogens is 469 g/mol. The Kier molecular flexibility index (Phi) is 8.86. The van der Waals surface area contributed by atoms with Gasteiger partial charge in [-0.1, -0.05) is 18.2 Å². The molecule has 150 valence electrons. The van der Waals surface area contributed by atoms with Gasteiger partial charge in [0.05, 0.1) is 6.26 Å². The van der Waals surface area contributed by atoms with Crippen molar-refractivity contribution in [3.63, 3.8) is 0 Å². The van der Waals surface area contributed by atoms with Gasteiger partial charge in [-0.05, 0) is 37.1 Å². The molecule has 2 aromatic heterocycles. The molecule has 0 saturated heterocycles. The number of aromatic nitrogens is 1. The molecule has 0 fully saturated rings. The Hall–Kier alpha value is -2.49. The van der Waals surface area contributed by atoms with Gasteiger partial charge in [-0.3, -0.25) is 9.79 Å². The summed E-state index contributed by atoms with van der Waals surface area (Å²) in [6, 6.07) is 11.6. The largest absolute Gasteiger partial charge is 0.459 e. The normalized spacial score (nSPS) is 11.1. The van der Waals surface area contributed by atoms with E-state index in [4.69, 9.17) is 4.42 Å². The fraction of sp³-hybridized carbons (Fsp3) is 0.300. The lowest BCUT2D eigenvalue weighted by Gasteiger charge is -2.11. The molecule has 1 aromatic carbocycles. The highest BCUT2D eigenvalue weighted by atomic mass is 127. The molecule has 2 heterocycles. The van der Waals surface area contributed by atoms with Crippen LogP contribution in [0.15, 0.2) is 58.3 Å². The van der Waals surface area contributed by atoms with Crippen LogP contribution in [-0.4, -0.2) is 43.0 Å². The summed E-state index contributed by atoms with van der Waals surface area (Å²) in [5.74, 6) is 0.835. The molecule has 3 aromatic rings. The number of halogens is 1. The van der Waals surface area contributed by atoms with Crippen LogP contribution in [0, 0.1) is 0 Å². The van der Waals surface area contributed by atoms with E-state index in [1.165, 1.54) is 17.2 Å². The molecule has 3 rings (SSSR count). The molecule has 4 N–H and O–H groups in total. The number of H-pyrrole nitrogens is 1. The Balaban J connectivity index is 0.00000280. The molecule has 0 saturated carbocycles. The van der Waals surface area contributed by atoms with Gasteiger partial charge in [0.1, 0.15) is 0 Å². The van der Waals surface area contributed by atoms with E-state index in [0.29, 0.717) is 25.4 Å². The minimum absolute atomic E-state index is 0. The fourth-order valence-electron chi connectivity index (χ4n) is 2.82. The van der Waals surface area contributed by atoms with Crippen molar-refractivity contribution in [1.29, 1.82) is 0 Å². The van der Waals surface area contributed by atoms with Crippen molar-refractivity contribution in [3.8, 4) is 0 Å². The molecular formula is C20H26IN5O2. The number of benzene rings is 1. The smallest absolute Gasteiger partial charge is 0.287 e. The topological polar surface area (TPSA) is 94.5 Å². The van der Waals surface area contributed by atoms with E-state index in [1.54, 1.807) is 12.1 Å². The van der Waals surface area contributed by atoms with Crippen molar-refractivity contribution in [2.24, 2.45) is 4.99 Å². The Bertz CT molecular complexity index is 889. The molecule has 0 aliphatic heterocycles. The molecule has 0 radical (unpaired) electrons. The summed E-state index contributed by atoms with van der Waals surface area (Å²) >= 11 is 0. The first-order chi connectivity index (χ1) is 13.3. The van der Waals surface area contributed by atoms with Crippen molar-refractivity contribution >= 4 is 46.7 Å². The van der Waals surface area contributed by atoms with Crippen LogP contribution in [0.2, 0.25) is 0 Å². The van der Waals surface area contributed by atoms with Crippen LogP contribution < -0.4 is 16.0 Å². The number of hydrogen-bond donors (Lipinski definition) is 4. The number of para-hydroxylation sites is 1. The summed E-state index contributed by atoms with van der Waals surface area (Å²) in [5, 5.41) is 10.5. The summed E-state index contributed by atoms with van der Waals surface area (Å²) < 4.78 is 5.06. The minimum atomic E-state index is -0.219. The molecule has 28 heavy (non-hydrogen) atoms. The lowest BCUT2D eigenvalue weighted by Crippen LogP contribution is -2.41. The van der Waals surface area contributed by atoms with Crippen molar-refractivity contribution in [3.05, 3.63) is 60.2 Å². The van der Waals surface area contributed by atoms with Crippen molar-refractivity contribution in [2.45, 2.75) is 13.3 Å². The molecule has 0 bridgehead atoms. The SMILES string of the molecule is CCNC(=NCCc1c[nH]c2ccccc12)NCCNC(=O)c1ccco1.I. The monoisotopic (exact) mass is 495 g/mol.